The molecule has 1 heterocycles. The fraction of sp³-hybridized carbons (Fsp3) is 0.579. The first-order valence-corrected chi connectivity index (χ1v) is 10.8. The molecular formula is C19H28N2O5S. The summed E-state index contributed by atoms with van der Waals surface area (Å²) < 4.78 is 32.2. The molecular weight excluding hydrogens is 368 g/mol. The fourth-order valence-electron chi connectivity index (χ4n) is 2.85. The Bertz CT molecular complexity index is 755. The highest BCUT2D eigenvalue weighted by molar-refractivity contribution is 7.89. The lowest BCUT2D eigenvalue weighted by Gasteiger charge is -2.20. The summed E-state index contributed by atoms with van der Waals surface area (Å²) in [5.74, 6) is -1.10. The van der Waals surface area contributed by atoms with Crippen molar-refractivity contribution < 1.29 is 22.7 Å². The van der Waals surface area contributed by atoms with Crippen molar-refractivity contribution >= 4 is 21.9 Å². The molecule has 1 saturated heterocycles. The summed E-state index contributed by atoms with van der Waals surface area (Å²) in [5.41, 5.74) is 0.113. The quantitative estimate of drug-likeness (QED) is 0.714. The van der Waals surface area contributed by atoms with Crippen LogP contribution in [0.3, 0.4) is 0 Å². The zero-order valence-electron chi connectivity index (χ0n) is 15.9. The van der Waals surface area contributed by atoms with Crippen molar-refractivity contribution in [2.45, 2.75) is 56.9 Å². The third-order valence-electron chi connectivity index (χ3n) is 4.63. The van der Waals surface area contributed by atoms with Crippen LogP contribution in [0.15, 0.2) is 29.2 Å². The van der Waals surface area contributed by atoms with E-state index in [2.05, 4.69) is 5.32 Å². The fourth-order valence-corrected chi connectivity index (χ4v) is 4.41. The van der Waals surface area contributed by atoms with E-state index in [1.807, 2.05) is 13.8 Å². The maximum atomic E-state index is 12.8. The number of nitrogens with one attached hydrogen (secondary N) is 1. The molecule has 0 radical (unpaired) electrons. The van der Waals surface area contributed by atoms with Crippen molar-refractivity contribution in [3.63, 3.8) is 0 Å². The molecule has 1 N–H and O–H groups in total. The summed E-state index contributed by atoms with van der Waals surface area (Å²) in [6.45, 7) is 4.38. The number of nitrogens with zero attached hydrogens (tertiary/aromatic N) is 1. The Morgan fingerprint density at radius 3 is 2.48 bits per heavy atom. The van der Waals surface area contributed by atoms with Gasteiger partial charge in [0.05, 0.1) is 10.5 Å². The van der Waals surface area contributed by atoms with Gasteiger partial charge in [-0.2, -0.15) is 4.31 Å². The van der Waals surface area contributed by atoms with Crippen LogP contribution >= 0.6 is 0 Å². The lowest BCUT2D eigenvalue weighted by atomic mass is 10.2. The molecule has 7 nitrogen and oxygen atoms in total. The van der Waals surface area contributed by atoms with Crippen molar-refractivity contribution in [2.75, 3.05) is 19.7 Å². The van der Waals surface area contributed by atoms with Crippen LogP contribution in [0.1, 0.15) is 56.3 Å². The molecule has 0 saturated carbocycles. The van der Waals surface area contributed by atoms with Gasteiger partial charge in [-0.15, -0.1) is 0 Å². The Labute approximate surface area is 161 Å². The number of amides is 1. The Balaban J connectivity index is 2.05. The molecule has 0 spiro atoms. The van der Waals surface area contributed by atoms with Crippen LogP contribution in [-0.2, 0) is 19.6 Å². The molecule has 27 heavy (non-hydrogen) atoms. The highest BCUT2D eigenvalue weighted by atomic mass is 32.2. The Morgan fingerprint density at radius 1 is 1.19 bits per heavy atom. The van der Waals surface area contributed by atoms with Crippen molar-refractivity contribution in [3.05, 3.63) is 29.8 Å². The molecule has 0 aromatic heterocycles. The molecule has 0 unspecified atom stereocenters. The first kappa shape index (κ1) is 21.4. The predicted octanol–water partition coefficient (Wildman–Crippen LogP) is 2.32. The number of hydrogen-bond donors (Lipinski definition) is 1. The van der Waals surface area contributed by atoms with E-state index in [0.717, 1.165) is 32.1 Å². The van der Waals surface area contributed by atoms with E-state index in [9.17, 15) is 18.0 Å². The summed E-state index contributed by atoms with van der Waals surface area (Å²) in [7, 11) is -3.65. The average molecular weight is 397 g/mol. The normalized spacial score (nSPS) is 17.0. The number of ether oxygens (including phenoxy) is 1. The Morgan fingerprint density at radius 2 is 1.85 bits per heavy atom. The van der Waals surface area contributed by atoms with E-state index in [1.54, 1.807) is 0 Å². The van der Waals surface area contributed by atoms with Crippen LogP contribution in [-0.4, -0.2) is 50.3 Å². The minimum absolute atomic E-state index is 0.00158. The molecule has 1 amide bonds. The molecule has 1 aliphatic heterocycles. The first-order chi connectivity index (χ1) is 12.8. The standard InChI is InChI=1S/C19H28N2O5S/c1-3-15(2)20-18(22)14-26-19(23)16-9-8-10-17(13-16)27(24,25)21-11-6-4-5-7-12-21/h8-10,13,15H,3-7,11-12,14H2,1-2H3,(H,20,22)/t15-/m1/s1. The van der Waals surface area contributed by atoms with Crippen molar-refractivity contribution in [1.82, 2.24) is 9.62 Å². The molecule has 1 aromatic rings. The minimum atomic E-state index is -3.65. The highest BCUT2D eigenvalue weighted by Gasteiger charge is 2.26. The summed E-state index contributed by atoms with van der Waals surface area (Å²) in [6.07, 6.45) is 4.50. The predicted molar refractivity (Wildman–Crippen MR) is 102 cm³/mol. The average Bonchev–Trinajstić information content (AvgIpc) is 2.96. The molecule has 8 heteroatoms. The van der Waals surface area contributed by atoms with E-state index in [4.69, 9.17) is 4.74 Å². The van der Waals surface area contributed by atoms with Gasteiger partial charge in [0.25, 0.3) is 5.91 Å². The van der Waals surface area contributed by atoms with Crippen LogP contribution in [0.25, 0.3) is 0 Å². The maximum absolute atomic E-state index is 12.8. The molecule has 1 aromatic carbocycles. The second kappa shape index (κ2) is 9.85. The molecule has 1 atom stereocenters. The summed E-state index contributed by atoms with van der Waals surface area (Å²) >= 11 is 0. The molecule has 0 aliphatic carbocycles. The number of carbonyl (C=O) groups is 2. The third-order valence-corrected chi connectivity index (χ3v) is 6.52. The van der Waals surface area contributed by atoms with Crippen LogP contribution < -0.4 is 5.32 Å². The summed E-state index contributed by atoms with van der Waals surface area (Å²) in [5, 5.41) is 2.70. The van der Waals surface area contributed by atoms with E-state index in [1.165, 1.54) is 28.6 Å². The monoisotopic (exact) mass is 396 g/mol. The van der Waals surface area contributed by atoms with Crippen LogP contribution in [0, 0.1) is 0 Å². The van der Waals surface area contributed by atoms with Gasteiger partial charge in [-0.05, 0) is 44.4 Å². The smallest absolute Gasteiger partial charge is 0.338 e. The van der Waals surface area contributed by atoms with Gasteiger partial charge >= 0.3 is 5.97 Å². The summed E-state index contributed by atoms with van der Waals surface area (Å²) in [6, 6.07) is 5.79. The molecule has 2 rings (SSSR count). The van der Waals surface area contributed by atoms with Crippen molar-refractivity contribution in [3.8, 4) is 0 Å². The van der Waals surface area contributed by atoms with E-state index in [0.29, 0.717) is 13.1 Å². The SMILES string of the molecule is CC[C@@H](C)NC(=O)COC(=O)c1cccc(S(=O)(=O)N2CCCCCC2)c1. The molecule has 0 bridgehead atoms. The van der Waals surface area contributed by atoms with Gasteiger partial charge in [0, 0.05) is 19.1 Å². The number of hydrogen-bond acceptors (Lipinski definition) is 5. The van der Waals surface area contributed by atoms with Gasteiger partial charge in [-0.25, -0.2) is 13.2 Å². The lowest BCUT2D eigenvalue weighted by Crippen LogP contribution is -2.35. The van der Waals surface area contributed by atoms with Crippen LogP contribution in [0.2, 0.25) is 0 Å². The third kappa shape index (κ3) is 6.04. The van der Waals surface area contributed by atoms with E-state index >= 15 is 0 Å². The van der Waals surface area contributed by atoms with Crippen molar-refractivity contribution in [2.24, 2.45) is 0 Å². The van der Waals surface area contributed by atoms with Gasteiger partial charge in [0.15, 0.2) is 6.61 Å². The lowest BCUT2D eigenvalue weighted by molar-refractivity contribution is -0.124. The largest absolute Gasteiger partial charge is 0.452 e. The highest BCUT2D eigenvalue weighted by Crippen LogP contribution is 2.21. The number of esters is 1. The Kier molecular flexibility index (Phi) is 7.79. The first-order valence-electron chi connectivity index (χ1n) is 9.41. The van der Waals surface area contributed by atoms with Crippen molar-refractivity contribution in [1.29, 1.82) is 0 Å². The zero-order chi connectivity index (χ0) is 19.9. The summed E-state index contributed by atoms with van der Waals surface area (Å²) in [4.78, 5) is 24.0. The van der Waals surface area contributed by atoms with Gasteiger partial charge in [0.2, 0.25) is 10.0 Å². The minimum Gasteiger partial charge on any atom is -0.452 e. The van der Waals surface area contributed by atoms with Crippen LogP contribution in [0.5, 0.6) is 0 Å². The number of sulfonamides is 1. The molecule has 1 fully saturated rings. The number of rotatable bonds is 7. The van der Waals surface area contributed by atoms with Gasteiger partial charge in [-0.1, -0.05) is 25.8 Å². The molecule has 1 aliphatic rings. The second-order valence-electron chi connectivity index (χ2n) is 6.80. The number of benzene rings is 1. The van der Waals surface area contributed by atoms with Crippen LogP contribution in [0.4, 0.5) is 0 Å². The van der Waals surface area contributed by atoms with Gasteiger partial charge in [-0.3, -0.25) is 4.79 Å². The number of carbonyl (C=O) groups excluding carboxylic acids is 2. The maximum Gasteiger partial charge on any atom is 0.338 e. The van der Waals surface area contributed by atoms with E-state index < -0.39 is 22.6 Å². The topological polar surface area (TPSA) is 92.8 Å². The second-order valence-corrected chi connectivity index (χ2v) is 8.74. The van der Waals surface area contributed by atoms with Gasteiger partial charge < -0.3 is 10.1 Å². The zero-order valence-corrected chi connectivity index (χ0v) is 16.8. The van der Waals surface area contributed by atoms with Gasteiger partial charge in [0.1, 0.15) is 0 Å². The van der Waals surface area contributed by atoms with E-state index in [-0.39, 0.29) is 22.4 Å². The molecule has 150 valence electrons. The Hall–Kier alpha value is -1.93.